The van der Waals surface area contributed by atoms with Crippen molar-refractivity contribution in [3.05, 3.63) is 48.0 Å². The molecule has 2 atom stereocenters. The lowest BCUT2D eigenvalue weighted by Gasteiger charge is -2.39. The number of ether oxygens (including phenoxy) is 1. The molecule has 1 aliphatic rings. The highest BCUT2D eigenvalue weighted by atomic mass is 16.5. The Hall–Kier alpha value is -2.50. The van der Waals surface area contributed by atoms with E-state index < -0.39 is 0 Å². The number of aryl methyl sites for hydroxylation is 1. The number of likely N-dealkylation sites (tertiary alicyclic amines) is 1. The molecule has 0 amide bonds. The number of methoxy groups -OCH3 is 1. The Morgan fingerprint density at radius 1 is 1.41 bits per heavy atom. The first-order valence-corrected chi connectivity index (χ1v) is 9.69. The van der Waals surface area contributed by atoms with Crippen LogP contribution in [0.3, 0.4) is 0 Å². The van der Waals surface area contributed by atoms with Gasteiger partial charge in [0.15, 0.2) is 5.96 Å². The van der Waals surface area contributed by atoms with Gasteiger partial charge in [-0.2, -0.15) is 0 Å². The number of rotatable bonds is 5. The highest BCUT2D eigenvalue weighted by Crippen LogP contribution is 2.27. The second-order valence-corrected chi connectivity index (χ2v) is 7.33. The summed E-state index contributed by atoms with van der Waals surface area (Å²) in [4.78, 5) is 11.1. The number of nitrogens with zero attached hydrogens (tertiary/aromatic N) is 4. The van der Waals surface area contributed by atoms with Gasteiger partial charge in [-0.15, -0.1) is 0 Å². The van der Waals surface area contributed by atoms with Gasteiger partial charge in [0.05, 0.1) is 19.5 Å². The van der Waals surface area contributed by atoms with Crippen LogP contribution in [0.1, 0.15) is 30.5 Å². The Morgan fingerprint density at radius 2 is 2.26 bits per heavy atom. The van der Waals surface area contributed by atoms with Crippen LogP contribution in [0, 0.1) is 12.8 Å². The van der Waals surface area contributed by atoms with Crippen molar-refractivity contribution in [2.45, 2.75) is 32.7 Å². The number of hydrogen-bond donors (Lipinski definition) is 1. The fraction of sp³-hybridized carbons (Fsp3) is 0.524. The fourth-order valence-corrected chi connectivity index (χ4v) is 3.84. The first-order valence-electron chi connectivity index (χ1n) is 9.69. The standard InChI is InChI=1S/C21H31N5O/c1-16-5-6-20(27-4)18(13-16)7-9-24-21(22-3)25-11-8-17(2)19(14-25)26-12-10-23-15-26/h5-6,10,12-13,15,17,19H,7-9,11,14H2,1-4H3,(H,22,24). The van der Waals surface area contributed by atoms with Gasteiger partial charge in [-0.05, 0) is 37.3 Å². The number of imidazole rings is 1. The first-order chi connectivity index (χ1) is 13.1. The van der Waals surface area contributed by atoms with Crippen LogP contribution in [0.15, 0.2) is 41.9 Å². The van der Waals surface area contributed by atoms with E-state index in [2.05, 4.69) is 56.9 Å². The highest BCUT2D eigenvalue weighted by Gasteiger charge is 2.28. The Bertz CT molecular complexity index is 756. The van der Waals surface area contributed by atoms with Crippen LogP contribution < -0.4 is 10.1 Å². The van der Waals surface area contributed by atoms with Crippen molar-refractivity contribution in [3.63, 3.8) is 0 Å². The number of piperidine rings is 1. The summed E-state index contributed by atoms with van der Waals surface area (Å²) in [7, 11) is 3.59. The SMILES string of the molecule is CN=C(NCCc1cc(C)ccc1OC)N1CCC(C)C(n2ccnc2)C1. The second-order valence-electron chi connectivity index (χ2n) is 7.33. The first kappa shape index (κ1) is 19.3. The summed E-state index contributed by atoms with van der Waals surface area (Å²) >= 11 is 0. The highest BCUT2D eigenvalue weighted by molar-refractivity contribution is 5.80. The average molecular weight is 370 g/mol. The van der Waals surface area contributed by atoms with Gasteiger partial charge in [0.1, 0.15) is 5.75 Å². The molecule has 1 saturated heterocycles. The molecule has 0 aliphatic carbocycles. The summed E-state index contributed by atoms with van der Waals surface area (Å²) in [6.45, 7) is 7.24. The van der Waals surface area contributed by atoms with Crippen molar-refractivity contribution in [2.24, 2.45) is 10.9 Å². The minimum Gasteiger partial charge on any atom is -0.496 e. The summed E-state index contributed by atoms with van der Waals surface area (Å²) in [6.07, 6.45) is 7.89. The van der Waals surface area contributed by atoms with Gasteiger partial charge in [-0.1, -0.05) is 24.6 Å². The minimum atomic E-state index is 0.427. The maximum atomic E-state index is 5.49. The van der Waals surface area contributed by atoms with Gasteiger partial charge in [0, 0.05) is 39.1 Å². The summed E-state index contributed by atoms with van der Waals surface area (Å²) in [5.41, 5.74) is 2.48. The van der Waals surface area contributed by atoms with Crippen LogP contribution in [0.25, 0.3) is 0 Å². The summed E-state index contributed by atoms with van der Waals surface area (Å²) in [5.74, 6) is 2.55. The molecule has 3 rings (SSSR count). The second kappa shape index (κ2) is 8.93. The van der Waals surface area contributed by atoms with E-state index in [9.17, 15) is 0 Å². The zero-order valence-corrected chi connectivity index (χ0v) is 16.9. The van der Waals surface area contributed by atoms with Crippen molar-refractivity contribution >= 4 is 5.96 Å². The predicted octanol–water partition coefficient (Wildman–Crippen LogP) is 2.90. The zero-order chi connectivity index (χ0) is 19.2. The molecule has 2 unspecified atom stereocenters. The molecule has 0 saturated carbocycles. The van der Waals surface area contributed by atoms with E-state index >= 15 is 0 Å². The monoisotopic (exact) mass is 369 g/mol. The van der Waals surface area contributed by atoms with Gasteiger partial charge < -0.3 is 19.5 Å². The predicted molar refractivity (Wildman–Crippen MR) is 109 cm³/mol. The van der Waals surface area contributed by atoms with Crippen LogP contribution in [-0.4, -0.2) is 54.2 Å². The normalized spacial score (nSPS) is 20.6. The number of benzene rings is 1. The number of hydrogen-bond acceptors (Lipinski definition) is 3. The van der Waals surface area contributed by atoms with Crippen molar-refractivity contribution in [2.75, 3.05) is 33.8 Å². The molecule has 0 radical (unpaired) electrons. The molecule has 1 N–H and O–H groups in total. The third kappa shape index (κ3) is 4.62. The van der Waals surface area contributed by atoms with E-state index in [1.165, 1.54) is 11.1 Å². The van der Waals surface area contributed by atoms with Crippen molar-refractivity contribution in [1.29, 1.82) is 0 Å². The lowest BCUT2D eigenvalue weighted by Crippen LogP contribution is -2.49. The molecular weight excluding hydrogens is 338 g/mol. The average Bonchev–Trinajstić information content (AvgIpc) is 3.20. The van der Waals surface area contributed by atoms with Gasteiger partial charge in [0.2, 0.25) is 0 Å². The molecule has 0 spiro atoms. The molecule has 1 fully saturated rings. The van der Waals surface area contributed by atoms with Crippen molar-refractivity contribution in [1.82, 2.24) is 19.8 Å². The van der Waals surface area contributed by atoms with E-state index in [0.29, 0.717) is 12.0 Å². The smallest absolute Gasteiger partial charge is 0.193 e. The quantitative estimate of drug-likeness (QED) is 0.650. The lowest BCUT2D eigenvalue weighted by molar-refractivity contribution is 0.189. The van der Waals surface area contributed by atoms with Gasteiger partial charge >= 0.3 is 0 Å². The minimum absolute atomic E-state index is 0.427. The molecule has 0 bridgehead atoms. The molecule has 146 valence electrons. The molecule has 2 aromatic rings. The van der Waals surface area contributed by atoms with Crippen LogP contribution in [0.4, 0.5) is 0 Å². The van der Waals surface area contributed by atoms with Crippen LogP contribution in [0.5, 0.6) is 5.75 Å². The molecule has 1 aromatic heterocycles. The summed E-state index contributed by atoms with van der Waals surface area (Å²) < 4.78 is 7.71. The van der Waals surface area contributed by atoms with E-state index in [1.54, 1.807) is 7.11 Å². The molecular formula is C21H31N5O. The topological polar surface area (TPSA) is 54.7 Å². The van der Waals surface area contributed by atoms with Crippen LogP contribution in [0.2, 0.25) is 0 Å². The number of nitrogens with one attached hydrogen (secondary N) is 1. The van der Waals surface area contributed by atoms with E-state index in [1.807, 2.05) is 25.6 Å². The summed E-state index contributed by atoms with van der Waals surface area (Å²) in [5, 5.41) is 3.53. The van der Waals surface area contributed by atoms with Crippen molar-refractivity contribution < 1.29 is 4.74 Å². The number of guanidine groups is 1. The molecule has 6 heteroatoms. The summed E-state index contributed by atoms with van der Waals surface area (Å²) in [6, 6.07) is 6.75. The van der Waals surface area contributed by atoms with Crippen molar-refractivity contribution in [3.8, 4) is 5.75 Å². The van der Waals surface area contributed by atoms with E-state index in [4.69, 9.17) is 4.74 Å². The fourth-order valence-electron chi connectivity index (χ4n) is 3.84. The number of aliphatic imine (C=N–C) groups is 1. The third-order valence-corrected chi connectivity index (χ3v) is 5.45. The third-order valence-electron chi connectivity index (χ3n) is 5.45. The zero-order valence-electron chi connectivity index (χ0n) is 16.9. The maximum Gasteiger partial charge on any atom is 0.193 e. The lowest BCUT2D eigenvalue weighted by atomic mass is 9.93. The van der Waals surface area contributed by atoms with E-state index in [-0.39, 0.29) is 0 Å². The van der Waals surface area contributed by atoms with Gasteiger partial charge in [0.25, 0.3) is 0 Å². The van der Waals surface area contributed by atoms with Gasteiger partial charge in [-0.3, -0.25) is 4.99 Å². The molecule has 2 heterocycles. The number of aromatic nitrogens is 2. The van der Waals surface area contributed by atoms with E-state index in [0.717, 1.165) is 44.2 Å². The molecule has 27 heavy (non-hydrogen) atoms. The Labute approximate surface area is 162 Å². The molecule has 6 nitrogen and oxygen atoms in total. The largest absolute Gasteiger partial charge is 0.496 e. The molecule has 1 aliphatic heterocycles. The Morgan fingerprint density at radius 3 is 2.96 bits per heavy atom. The van der Waals surface area contributed by atoms with Gasteiger partial charge in [-0.25, -0.2) is 4.98 Å². The Kier molecular flexibility index (Phi) is 6.37. The van der Waals surface area contributed by atoms with Crippen LogP contribution >= 0.6 is 0 Å². The maximum absolute atomic E-state index is 5.49. The Balaban J connectivity index is 1.60. The van der Waals surface area contributed by atoms with Crippen LogP contribution in [-0.2, 0) is 6.42 Å². The molecule has 1 aromatic carbocycles.